The van der Waals surface area contributed by atoms with Crippen LogP contribution in [0.25, 0.3) is 10.8 Å². The van der Waals surface area contributed by atoms with Gasteiger partial charge in [0, 0.05) is 5.39 Å². The van der Waals surface area contributed by atoms with Crippen LogP contribution in [0.2, 0.25) is 0 Å². The molecule has 0 saturated heterocycles. The minimum Gasteiger partial charge on any atom is -0.506 e. The highest BCUT2D eigenvalue weighted by Gasteiger charge is 2.27. The Hall–Kier alpha value is -2.74. The highest BCUT2D eigenvalue weighted by molar-refractivity contribution is 8.19. The molecule has 0 atom stereocenters. The molecule has 0 aliphatic carbocycles. The predicted octanol–water partition coefficient (Wildman–Crippen LogP) is 4.50. The number of phenols is 2. The minimum absolute atomic E-state index is 0.0156. The summed E-state index contributed by atoms with van der Waals surface area (Å²) in [5, 5.41) is 27.3. The molecule has 0 fully saturated rings. The van der Waals surface area contributed by atoms with Crippen LogP contribution >= 0.6 is 10.9 Å². The second kappa shape index (κ2) is 7.01. The summed E-state index contributed by atoms with van der Waals surface area (Å²) < 4.78 is 61.8. The Bertz CT molecular complexity index is 1200. The summed E-state index contributed by atoms with van der Waals surface area (Å²) in [5.41, 5.74) is -0.766. The summed E-state index contributed by atoms with van der Waals surface area (Å²) in [7, 11) is -9.14. The molecule has 28 heavy (non-hydrogen) atoms. The van der Waals surface area contributed by atoms with E-state index in [1.165, 1.54) is 36.4 Å². The lowest BCUT2D eigenvalue weighted by Gasteiger charge is -2.22. The van der Waals surface area contributed by atoms with E-state index >= 15 is 0 Å². The zero-order chi connectivity index (χ0) is 20.7. The van der Waals surface area contributed by atoms with Gasteiger partial charge in [0.15, 0.2) is 5.75 Å². The number of benzene rings is 3. The number of para-hydroxylation sites is 1. The van der Waals surface area contributed by atoms with Gasteiger partial charge >= 0.3 is 0 Å². The first kappa shape index (κ1) is 20.0. The highest BCUT2D eigenvalue weighted by Crippen LogP contribution is 2.52. The van der Waals surface area contributed by atoms with Gasteiger partial charge in [-0.25, -0.2) is 0 Å². The quantitative estimate of drug-likeness (QED) is 0.260. The van der Waals surface area contributed by atoms with E-state index in [-0.39, 0.29) is 22.2 Å². The molecular weight excluding hydrogens is 412 g/mol. The number of nitrogens with zero attached hydrogens (tertiary/aromatic N) is 2. The first-order valence-corrected chi connectivity index (χ1v) is 10.4. The van der Waals surface area contributed by atoms with E-state index in [9.17, 15) is 36.8 Å². The largest absolute Gasteiger partial charge is 0.506 e. The lowest BCUT2D eigenvalue weighted by molar-refractivity contribution is 0.376. The van der Waals surface area contributed by atoms with Gasteiger partial charge < -0.3 is 23.9 Å². The molecule has 148 valence electrons. The van der Waals surface area contributed by atoms with Gasteiger partial charge in [0.05, 0.1) is 4.90 Å². The Balaban J connectivity index is 2.36. The normalized spacial score (nSPS) is 13.3. The molecule has 3 aromatic carbocycles. The molecule has 0 unspecified atom stereocenters. The molecule has 0 amide bonds. The van der Waals surface area contributed by atoms with Crippen LogP contribution in [-0.4, -0.2) is 36.8 Å². The molecule has 0 spiro atoms. The number of azo groups is 1. The van der Waals surface area contributed by atoms with E-state index < -0.39 is 42.2 Å². The Labute approximate surface area is 160 Å². The second-order valence-electron chi connectivity index (χ2n) is 5.61. The predicted molar refractivity (Wildman–Crippen MR) is 101 cm³/mol. The first-order chi connectivity index (χ1) is 13.0. The van der Waals surface area contributed by atoms with Crippen molar-refractivity contribution in [1.82, 2.24) is 0 Å². The summed E-state index contributed by atoms with van der Waals surface area (Å²) in [6.45, 7) is 0. The van der Waals surface area contributed by atoms with Gasteiger partial charge in [-0.1, -0.05) is 24.3 Å². The average molecular weight is 426 g/mol. The maximum Gasteiger partial charge on any atom is 0.296 e. The summed E-state index contributed by atoms with van der Waals surface area (Å²) in [6, 6.07) is 10.4. The van der Waals surface area contributed by atoms with E-state index in [1.807, 2.05) is 0 Å². The third kappa shape index (κ3) is 3.77. The van der Waals surface area contributed by atoms with Gasteiger partial charge in [0.1, 0.15) is 32.9 Å². The first-order valence-electron chi connectivity index (χ1n) is 7.47. The molecule has 3 rings (SSSR count). The zero-order valence-corrected chi connectivity index (χ0v) is 15.5. The Morgan fingerprint density at radius 2 is 1.46 bits per heavy atom. The van der Waals surface area contributed by atoms with Crippen LogP contribution in [-0.2, 0) is 10.1 Å². The monoisotopic (exact) mass is 426 g/mol. The molecule has 6 N–H and O–H groups in total. The van der Waals surface area contributed by atoms with Crippen LogP contribution in [0, 0.1) is 0 Å². The average Bonchev–Trinajstić information content (AvgIpc) is 2.60. The van der Waals surface area contributed by atoms with Crippen molar-refractivity contribution in [3.8, 4) is 11.5 Å². The van der Waals surface area contributed by atoms with Crippen molar-refractivity contribution >= 4 is 43.1 Å². The van der Waals surface area contributed by atoms with Crippen molar-refractivity contribution in [1.29, 1.82) is 0 Å². The minimum atomic E-state index is -4.87. The Kier molecular flexibility index (Phi) is 5.01. The fourth-order valence-electron chi connectivity index (χ4n) is 2.54. The maximum absolute atomic E-state index is 11.8. The molecular formula is C16H14N2O8S2. The van der Waals surface area contributed by atoms with Crippen LogP contribution in [0.4, 0.5) is 11.4 Å². The maximum atomic E-state index is 11.8. The standard InChI is InChI=1S/C16H14N2O8S2/c19-11-6-2-1-5-10(11)17-18-15-13(28(24,25)26)8-9-4-3-7-12(27(21,22)23)14(9)16(15)20/h1-8,19-23H,(H,24,25,26). The summed E-state index contributed by atoms with van der Waals surface area (Å²) in [5.74, 6) is -1.14. The van der Waals surface area contributed by atoms with E-state index in [1.54, 1.807) is 0 Å². The smallest absolute Gasteiger partial charge is 0.296 e. The third-order valence-corrected chi connectivity index (χ3v) is 5.55. The molecule has 0 heterocycles. The van der Waals surface area contributed by atoms with Crippen LogP contribution < -0.4 is 0 Å². The number of fused-ring (bicyclic) bond motifs is 1. The zero-order valence-electron chi connectivity index (χ0n) is 13.8. The summed E-state index contributed by atoms with van der Waals surface area (Å²) in [4.78, 5) is -1.27. The highest BCUT2D eigenvalue weighted by atomic mass is 32.3. The van der Waals surface area contributed by atoms with Crippen LogP contribution in [0.5, 0.6) is 11.5 Å². The molecule has 0 bridgehead atoms. The van der Waals surface area contributed by atoms with Crippen molar-refractivity contribution in [2.24, 2.45) is 10.2 Å². The molecule has 0 aliphatic rings. The fraction of sp³-hybridized carbons (Fsp3) is 0. The van der Waals surface area contributed by atoms with Crippen LogP contribution in [0.3, 0.4) is 0 Å². The van der Waals surface area contributed by atoms with Gasteiger partial charge in [-0.3, -0.25) is 4.55 Å². The van der Waals surface area contributed by atoms with Crippen molar-refractivity contribution in [2.75, 3.05) is 0 Å². The van der Waals surface area contributed by atoms with Crippen LogP contribution in [0.15, 0.2) is 68.6 Å². The van der Waals surface area contributed by atoms with Crippen LogP contribution in [0.1, 0.15) is 0 Å². The van der Waals surface area contributed by atoms with Gasteiger partial charge in [0.25, 0.3) is 10.1 Å². The van der Waals surface area contributed by atoms with Gasteiger partial charge in [0.2, 0.25) is 0 Å². The summed E-state index contributed by atoms with van der Waals surface area (Å²) in [6.07, 6.45) is 0. The third-order valence-electron chi connectivity index (χ3n) is 3.75. The number of hydrogen-bond acceptors (Lipinski definition) is 9. The molecule has 0 radical (unpaired) electrons. The number of aromatic hydroxyl groups is 2. The van der Waals surface area contributed by atoms with E-state index in [0.29, 0.717) is 0 Å². The molecule has 0 aromatic heterocycles. The van der Waals surface area contributed by atoms with Crippen molar-refractivity contribution in [2.45, 2.75) is 9.79 Å². The van der Waals surface area contributed by atoms with Gasteiger partial charge in [-0.05, 0) is 29.7 Å². The SMILES string of the molecule is O=S(=O)(O)c1cc2cccc(S(O)(O)O)c2c(O)c1N=Nc1ccccc1O. The Morgan fingerprint density at radius 1 is 0.786 bits per heavy atom. The van der Waals surface area contributed by atoms with E-state index in [4.69, 9.17) is 0 Å². The molecule has 0 aliphatic heterocycles. The summed E-state index contributed by atoms with van der Waals surface area (Å²) >= 11 is 0. The van der Waals surface area contributed by atoms with Crippen molar-refractivity contribution in [3.63, 3.8) is 0 Å². The van der Waals surface area contributed by atoms with Crippen molar-refractivity contribution < 1.29 is 36.8 Å². The lowest BCUT2D eigenvalue weighted by atomic mass is 10.1. The van der Waals surface area contributed by atoms with Gasteiger partial charge in [-0.2, -0.15) is 8.42 Å². The molecule has 10 nitrogen and oxygen atoms in total. The fourth-order valence-corrected chi connectivity index (χ4v) is 3.95. The number of phenolic OH excluding ortho intramolecular Hbond substituents is 2. The number of rotatable bonds is 4. The lowest BCUT2D eigenvalue weighted by Crippen LogP contribution is -2.01. The topological polar surface area (TPSA) is 180 Å². The van der Waals surface area contributed by atoms with E-state index in [2.05, 4.69) is 10.2 Å². The van der Waals surface area contributed by atoms with Crippen molar-refractivity contribution in [3.05, 3.63) is 48.5 Å². The Morgan fingerprint density at radius 3 is 2.07 bits per heavy atom. The molecule has 3 aromatic rings. The van der Waals surface area contributed by atoms with E-state index in [0.717, 1.165) is 12.1 Å². The molecule has 0 saturated carbocycles. The van der Waals surface area contributed by atoms with Gasteiger partial charge in [-0.15, -0.1) is 10.2 Å². The molecule has 12 heteroatoms. The number of hydrogen-bond donors (Lipinski definition) is 6. The second-order valence-corrected chi connectivity index (χ2v) is 8.48.